The number of rotatable bonds is 1. The molecule has 1 atom stereocenters. The number of hydrogen-bond donors (Lipinski definition) is 0. The Morgan fingerprint density at radius 2 is 0.786 bits per heavy atom. The summed E-state index contributed by atoms with van der Waals surface area (Å²) in [5.41, 5.74) is 2.55. The van der Waals surface area contributed by atoms with Crippen molar-refractivity contribution in [2.24, 2.45) is 0 Å². The van der Waals surface area contributed by atoms with Crippen LogP contribution < -0.4 is 0 Å². The molecule has 0 bridgehead atoms. The van der Waals surface area contributed by atoms with Crippen LogP contribution in [0.15, 0.2) is 60.7 Å². The molecule has 14 heavy (non-hydrogen) atoms. The van der Waals surface area contributed by atoms with E-state index in [0.717, 1.165) is 0 Å². The summed E-state index contributed by atoms with van der Waals surface area (Å²) >= 11 is 0. The summed E-state index contributed by atoms with van der Waals surface area (Å²) in [4.78, 5) is 0. The average Bonchev–Trinajstić information content (AvgIpc) is 2.21. The summed E-state index contributed by atoms with van der Waals surface area (Å²) < 4.78 is 0. The van der Waals surface area contributed by atoms with E-state index >= 15 is 0 Å². The second-order valence-electron chi connectivity index (χ2n) is 2.73. The van der Waals surface area contributed by atoms with E-state index in [4.69, 9.17) is 0 Å². The van der Waals surface area contributed by atoms with Gasteiger partial charge < -0.3 is 0 Å². The van der Waals surface area contributed by atoms with Crippen molar-refractivity contribution < 1.29 is 19.5 Å². The quantitative estimate of drug-likeness (QED) is 0.558. The molecule has 2 heteroatoms. The molecule has 0 aliphatic heterocycles. The van der Waals surface area contributed by atoms with Crippen LogP contribution >= 0.6 is 9.90 Å². The van der Waals surface area contributed by atoms with Gasteiger partial charge in [0.05, 0.1) is 0 Å². The Balaban J connectivity index is 0.000000845. The Hall–Kier alpha value is -0.507. The van der Waals surface area contributed by atoms with Crippen molar-refractivity contribution in [2.45, 2.75) is 0 Å². The third kappa shape index (κ3) is 3.33. The Morgan fingerprint density at radius 1 is 0.500 bits per heavy atom. The van der Waals surface area contributed by atoms with E-state index in [2.05, 4.69) is 48.5 Å². The van der Waals surface area contributed by atoms with Crippen molar-refractivity contribution >= 4 is 9.90 Å². The average molecular weight is 291 g/mol. The zero-order valence-electron chi connectivity index (χ0n) is 7.81. The molecule has 0 N–H and O–H groups in total. The SMILES string of the molecule is P.[Rh+2].c1ccc(-c2ccccc2)cc1. The molecule has 0 heterocycles. The third-order valence-electron chi connectivity index (χ3n) is 1.88. The van der Waals surface area contributed by atoms with Gasteiger partial charge in [-0.05, 0) is 11.1 Å². The molecule has 0 fully saturated rings. The first-order valence-corrected chi connectivity index (χ1v) is 4.07. The van der Waals surface area contributed by atoms with Gasteiger partial charge in [-0.15, -0.1) is 0 Å². The van der Waals surface area contributed by atoms with E-state index in [1.165, 1.54) is 11.1 Å². The van der Waals surface area contributed by atoms with Crippen molar-refractivity contribution in [3.8, 4) is 11.1 Å². The molecule has 0 aromatic heterocycles. The maximum Gasteiger partial charge on any atom is 2.00 e. The fourth-order valence-corrected chi connectivity index (χ4v) is 1.26. The van der Waals surface area contributed by atoms with Crippen LogP contribution in [-0.4, -0.2) is 0 Å². The summed E-state index contributed by atoms with van der Waals surface area (Å²) in [6.07, 6.45) is 0. The molecule has 0 saturated carbocycles. The van der Waals surface area contributed by atoms with Crippen LogP contribution in [-0.2, 0) is 19.5 Å². The van der Waals surface area contributed by atoms with E-state index in [1.807, 2.05) is 12.1 Å². The molecule has 73 valence electrons. The molecule has 0 spiro atoms. The van der Waals surface area contributed by atoms with Gasteiger partial charge >= 0.3 is 19.5 Å². The minimum atomic E-state index is 0. The molecular formula is C12H13PRh+2. The predicted molar refractivity (Wildman–Crippen MR) is 63.0 cm³/mol. The van der Waals surface area contributed by atoms with Crippen molar-refractivity contribution in [3.63, 3.8) is 0 Å². The Labute approximate surface area is 101 Å². The van der Waals surface area contributed by atoms with Gasteiger partial charge in [0.25, 0.3) is 0 Å². The van der Waals surface area contributed by atoms with Crippen molar-refractivity contribution in [1.82, 2.24) is 0 Å². The summed E-state index contributed by atoms with van der Waals surface area (Å²) in [6.45, 7) is 0. The molecule has 0 nitrogen and oxygen atoms in total. The van der Waals surface area contributed by atoms with Gasteiger partial charge in [0.1, 0.15) is 0 Å². The van der Waals surface area contributed by atoms with E-state index in [0.29, 0.717) is 0 Å². The van der Waals surface area contributed by atoms with Crippen molar-refractivity contribution in [1.29, 1.82) is 0 Å². The first kappa shape index (κ1) is 13.5. The van der Waals surface area contributed by atoms with Crippen molar-refractivity contribution in [2.75, 3.05) is 0 Å². The molecule has 1 unspecified atom stereocenters. The van der Waals surface area contributed by atoms with Crippen molar-refractivity contribution in [3.05, 3.63) is 60.7 Å². The standard InChI is InChI=1S/C12H10.H3P.Rh/c1-3-7-11(8-4-1)12-9-5-2-6-10-12;;/h1-10H;1H3;/q;;+2. The van der Waals surface area contributed by atoms with Crippen LogP contribution in [0.5, 0.6) is 0 Å². The van der Waals surface area contributed by atoms with Crippen LogP contribution in [0.3, 0.4) is 0 Å². The molecule has 0 saturated heterocycles. The Bertz CT molecular complexity index is 308. The van der Waals surface area contributed by atoms with Gasteiger partial charge in [-0.3, -0.25) is 0 Å². The van der Waals surface area contributed by atoms with E-state index in [-0.39, 0.29) is 29.4 Å². The Morgan fingerprint density at radius 3 is 1.07 bits per heavy atom. The summed E-state index contributed by atoms with van der Waals surface area (Å²) in [5, 5.41) is 0. The fourth-order valence-electron chi connectivity index (χ4n) is 1.26. The molecule has 2 aromatic carbocycles. The predicted octanol–water partition coefficient (Wildman–Crippen LogP) is 3.41. The molecule has 2 rings (SSSR count). The maximum atomic E-state index is 2.12. The first-order chi connectivity index (χ1) is 5.97. The number of hydrogen-bond acceptors (Lipinski definition) is 0. The zero-order chi connectivity index (χ0) is 8.23. The normalized spacial score (nSPS) is 8.29. The zero-order valence-corrected chi connectivity index (χ0v) is 10.9. The molecular weight excluding hydrogens is 278 g/mol. The van der Waals surface area contributed by atoms with Crippen LogP contribution in [0.25, 0.3) is 11.1 Å². The maximum absolute atomic E-state index is 2.12. The minimum Gasteiger partial charge on any atom is -0.153 e. The summed E-state index contributed by atoms with van der Waals surface area (Å²) in [6, 6.07) is 20.8. The van der Waals surface area contributed by atoms with Gasteiger partial charge in [-0.1, -0.05) is 60.7 Å². The topological polar surface area (TPSA) is 0 Å². The minimum absolute atomic E-state index is 0. The van der Waals surface area contributed by atoms with Crippen LogP contribution in [0.4, 0.5) is 0 Å². The molecule has 0 amide bonds. The molecule has 1 radical (unpaired) electrons. The largest absolute Gasteiger partial charge is 2.00 e. The van der Waals surface area contributed by atoms with Gasteiger partial charge in [0.15, 0.2) is 0 Å². The third-order valence-corrected chi connectivity index (χ3v) is 1.88. The first-order valence-electron chi connectivity index (χ1n) is 4.07. The van der Waals surface area contributed by atoms with E-state index in [1.54, 1.807) is 0 Å². The van der Waals surface area contributed by atoms with Crippen LogP contribution in [0, 0.1) is 0 Å². The summed E-state index contributed by atoms with van der Waals surface area (Å²) in [5.74, 6) is 0. The second kappa shape index (κ2) is 6.88. The van der Waals surface area contributed by atoms with Crippen LogP contribution in [0.1, 0.15) is 0 Å². The molecule has 0 aliphatic carbocycles. The van der Waals surface area contributed by atoms with E-state index in [9.17, 15) is 0 Å². The van der Waals surface area contributed by atoms with Gasteiger partial charge in [-0.2, -0.15) is 9.90 Å². The van der Waals surface area contributed by atoms with Crippen LogP contribution in [0.2, 0.25) is 0 Å². The smallest absolute Gasteiger partial charge is 0.153 e. The van der Waals surface area contributed by atoms with Gasteiger partial charge in [0, 0.05) is 0 Å². The van der Waals surface area contributed by atoms with Gasteiger partial charge in [-0.25, -0.2) is 0 Å². The number of benzene rings is 2. The second-order valence-corrected chi connectivity index (χ2v) is 2.73. The molecule has 0 aliphatic rings. The summed E-state index contributed by atoms with van der Waals surface area (Å²) in [7, 11) is 0. The van der Waals surface area contributed by atoms with Gasteiger partial charge in [0.2, 0.25) is 0 Å². The van der Waals surface area contributed by atoms with E-state index < -0.39 is 0 Å². The monoisotopic (exact) mass is 291 g/mol. The Kier molecular flexibility index (Phi) is 6.63. The fraction of sp³-hybridized carbons (Fsp3) is 0. The molecule has 2 aromatic rings.